The number of rotatable bonds is 1. The van der Waals surface area contributed by atoms with E-state index in [1.54, 1.807) is 6.92 Å². The summed E-state index contributed by atoms with van der Waals surface area (Å²) in [5, 5.41) is 4.27. The number of aromatic nitrogens is 2. The summed E-state index contributed by atoms with van der Waals surface area (Å²) in [6, 6.07) is 0. The summed E-state index contributed by atoms with van der Waals surface area (Å²) in [7, 11) is 0. The molecule has 0 fully saturated rings. The van der Waals surface area contributed by atoms with E-state index in [1.807, 2.05) is 0 Å². The quantitative estimate of drug-likeness (QED) is 0.587. The molecule has 60 valence electrons. The third kappa shape index (κ3) is 1.92. The fourth-order valence-electron chi connectivity index (χ4n) is 0.579. The zero-order valence-corrected chi connectivity index (χ0v) is 9.55. The fraction of sp³-hybridized carbons (Fsp3) is 0.200. The second-order valence-electron chi connectivity index (χ2n) is 1.92. The summed E-state index contributed by atoms with van der Waals surface area (Å²) >= 11 is 7.76. The smallest absolute Gasteiger partial charge is 0.267 e. The van der Waals surface area contributed by atoms with E-state index < -0.39 is 0 Å². The standard InChI is InChI=1S/C5H5ClIN2OP/c1-3-4(6)2-8-9(11-7)5(3)10/h2,11H,1H3. The Morgan fingerprint density at radius 2 is 2.45 bits per heavy atom. The van der Waals surface area contributed by atoms with E-state index in [1.165, 1.54) is 10.6 Å². The lowest BCUT2D eigenvalue weighted by molar-refractivity contribution is 0.902. The van der Waals surface area contributed by atoms with Crippen molar-refractivity contribution in [1.29, 1.82) is 0 Å². The zero-order valence-electron chi connectivity index (χ0n) is 5.64. The van der Waals surface area contributed by atoms with E-state index in [0.29, 0.717) is 17.0 Å². The van der Waals surface area contributed by atoms with Crippen LogP contribution in [0, 0.1) is 6.92 Å². The Bertz CT molecular complexity index is 327. The van der Waals surface area contributed by atoms with Crippen molar-refractivity contribution in [1.82, 2.24) is 9.55 Å². The highest BCUT2D eigenvalue weighted by atomic mass is 127. The predicted molar refractivity (Wildman–Crippen MR) is 56.0 cm³/mol. The number of hydrogen-bond donors (Lipinski definition) is 0. The summed E-state index contributed by atoms with van der Waals surface area (Å²) in [6.45, 7) is 1.69. The summed E-state index contributed by atoms with van der Waals surface area (Å²) in [5.41, 5.74) is 0.455. The van der Waals surface area contributed by atoms with Gasteiger partial charge in [-0.3, -0.25) is 4.79 Å². The molecule has 0 spiro atoms. The maximum absolute atomic E-state index is 11.2. The first-order chi connectivity index (χ1) is 5.16. The SMILES string of the molecule is Cc1c(Cl)cnn(PI)c1=O. The van der Waals surface area contributed by atoms with Crippen LogP contribution >= 0.6 is 40.0 Å². The van der Waals surface area contributed by atoms with Crippen LogP contribution in [0.1, 0.15) is 5.56 Å². The molecule has 1 aromatic heterocycles. The average Bonchev–Trinajstić information content (AvgIpc) is 2.01. The van der Waals surface area contributed by atoms with Gasteiger partial charge < -0.3 is 0 Å². The van der Waals surface area contributed by atoms with Crippen LogP contribution in [-0.2, 0) is 0 Å². The Labute approximate surface area is 83.5 Å². The van der Waals surface area contributed by atoms with Gasteiger partial charge in [-0.15, -0.1) is 0 Å². The number of halogens is 2. The van der Waals surface area contributed by atoms with E-state index in [4.69, 9.17) is 11.6 Å². The van der Waals surface area contributed by atoms with Gasteiger partial charge in [-0.25, -0.2) is 4.45 Å². The highest BCUT2D eigenvalue weighted by Crippen LogP contribution is 2.20. The first kappa shape index (κ1) is 9.42. The van der Waals surface area contributed by atoms with E-state index in [0.717, 1.165) is 0 Å². The molecule has 1 atom stereocenters. The molecule has 0 amide bonds. The molecule has 0 aliphatic heterocycles. The van der Waals surface area contributed by atoms with Crippen molar-refractivity contribution in [3.8, 4) is 0 Å². The second kappa shape index (κ2) is 3.83. The molecule has 1 heterocycles. The molecule has 1 aromatic rings. The Hall–Kier alpha value is 0.330. The van der Waals surface area contributed by atoms with Crippen LogP contribution < -0.4 is 5.56 Å². The molecule has 0 bridgehead atoms. The van der Waals surface area contributed by atoms with E-state index in [2.05, 4.69) is 27.1 Å². The third-order valence-corrected chi connectivity index (χ3v) is 3.47. The molecular formula is C5H5ClIN2OP. The molecule has 1 unspecified atom stereocenters. The van der Waals surface area contributed by atoms with Gasteiger partial charge in [-0.1, -0.05) is 11.6 Å². The average molecular weight is 302 g/mol. The van der Waals surface area contributed by atoms with E-state index >= 15 is 0 Å². The van der Waals surface area contributed by atoms with Gasteiger partial charge in [-0.2, -0.15) is 5.10 Å². The zero-order chi connectivity index (χ0) is 8.43. The van der Waals surface area contributed by atoms with Crippen LogP contribution in [0.15, 0.2) is 11.0 Å². The largest absolute Gasteiger partial charge is 0.274 e. The number of hydrogen-bond acceptors (Lipinski definition) is 2. The molecule has 11 heavy (non-hydrogen) atoms. The van der Waals surface area contributed by atoms with Gasteiger partial charge in [0, 0.05) is 5.56 Å². The van der Waals surface area contributed by atoms with Crippen LogP contribution in [0.3, 0.4) is 0 Å². The fourth-order valence-corrected chi connectivity index (χ4v) is 2.08. The van der Waals surface area contributed by atoms with Crippen molar-refractivity contribution in [2.45, 2.75) is 6.92 Å². The maximum atomic E-state index is 11.2. The predicted octanol–water partition coefficient (Wildman–Crippen LogP) is 2.00. The molecule has 0 saturated heterocycles. The molecule has 0 radical (unpaired) electrons. The monoisotopic (exact) mass is 302 g/mol. The normalized spacial score (nSPS) is 11.2. The second-order valence-corrected chi connectivity index (χ2v) is 4.37. The minimum Gasteiger partial charge on any atom is -0.267 e. The van der Waals surface area contributed by atoms with Crippen molar-refractivity contribution < 1.29 is 0 Å². The van der Waals surface area contributed by atoms with Gasteiger partial charge in [-0.05, 0) is 29.0 Å². The van der Waals surface area contributed by atoms with Crippen LogP contribution in [0.4, 0.5) is 0 Å². The lowest BCUT2D eigenvalue weighted by Gasteiger charge is -2.00. The third-order valence-electron chi connectivity index (χ3n) is 1.24. The van der Waals surface area contributed by atoms with Gasteiger partial charge in [0.15, 0.2) is 0 Å². The Morgan fingerprint density at radius 1 is 1.82 bits per heavy atom. The molecule has 0 aromatic carbocycles. The molecule has 6 heteroatoms. The molecule has 0 N–H and O–H groups in total. The first-order valence-electron chi connectivity index (χ1n) is 2.78. The van der Waals surface area contributed by atoms with Gasteiger partial charge in [0.05, 0.1) is 17.6 Å². The molecule has 3 nitrogen and oxygen atoms in total. The van der Waals surface area contributed by atoms with Crippen LogP contribution in [0.25, 0.3) is 0 Å². The molecule has 1 rings (SSSR count). The van der Waals surface area contributed by atoms with Gasteiger partial charge in [0.2, 0.25) is 0 Å². The molecule has 0 aliphatic rings. The van der Waals surface area contributed by atoms with Crippen LogP contribution in [-0.4, -0.2) is 9.55 Å². The van der Waals surface area contributed by atoms with E-state index in [-0.39, 0.29) is 5.56 Å². The molecule has 0 aliphatic carbocycles. The minimum absolute atomic E-state index is 0.106. The molecular weight excluding hydrogens is 297 g/mol. The highest BCUT2D eigenvalue weighted by Gasteiger charge is 2.02. The Morgan fingerprint density at radius 3 is 3.00 bits per heavy atom. The first-order valence-corrected chi connectivity index (χ1v) is 7.22. The van der Waals surface area contributed by atoms with Crippen molar-refractivity contribution in [3.05, 3.63) is 27.1 Å². The van der Waals surface area contributed by atoms with E-state index in [9.17, 15) is 4.79 Å². The topological polar surface area (TPSA) is 34.9 Å². The van der Waals surface area contributed by atoms with Crippen molar-refractivity contribution in [2.75, 3.05) is 0 Å². The summed E-state index contributed by atoms with van der Waals surface area (Å²) in [4.78, 5) is 11.2. The lowest BCUT2D eigenvalue weighted by Crippen LogP contribution is -2.18. The summed E-state index contributed by atoms with van der Waals surface area (Å²) in [6.07, 6.45) is 1.82. The maximum Gasteiger partial charge on any atom is 0.274 e. The minimum atomic E-state index is -0.106. The Balaban J connectivity index is 3.37. The van der Waals surface area contributed by atoms with Crippen LogP contribution in [0.2, 0.25) is 5.02 Å². The molecule has 0 saturated carbocycles. The number of nitrogens with zero attached hydrogens (tertiary/aromatic N) is 2. The lowest BCUT2D eigenvalue weighted by atomic mass is 10.3. The van der Waals surface area contributed by atoms with Crippen molar-refractivity contribution in [3.63, 3.8) is 0 Å². The Kier molecular flexibility index (Phi) is 3.28. The van der Waals surface area contributed by atoms with Crippen molar-refractivity contribution in [2.24, 2.45) is 0 Å². The van der Waals surface area contributed by atoms with Gasteiger partial charge in [0.25, 0.3) is 5.56 Å². The van der Waals surface area contributed by atoms with Gasteiger partial charge in [0.1, 0.15) is 0 Å². The summed E-state index contributed by atoms with van der Waals surface area (Å²) < 4.78 is 1.39. The summed E-state index contributed by atoms with van der Waals surface area (Å²) in [5.74, 6) is 0. The van der Waals surface area contributed by atoms with Crippen molar-refractivity contribution >= 4 is 40.0 Å². The van der Waals surface area contributed by atoms with Crippen LogP contribution in [0.5, 0.6) is 0 Å². The highest BCUT2D eigenvalue weighted by molar-refractivity contribution is 14.2. The van der Waals surface area contributed by atoms with Gasteiger partial charge >= 0.3 is 0 Å².